The third kappa shape index (κ3) is 2.91. The zero-order valence-electron chi connectivity index (χ0n) is 15.4. The fraction of sp³-hybridized carbons (Fsp3) is 0.318. The van der Waals surface area contributed by atoms with E-state index in [4.69, 9.17) is 0 Å². The summed E-state index contributed by atoms with van der Waals surface area (Å²) in [5.74, 6) is 0.152. The molecule has 5 rings (SSSR count). The number of carbonyl (C=O) groups excluding carboxylic acids is 1. The van der Waals surface area contributed by atoms with E-state index in [0.717, 1.165) is 25.3 Å². The van der Waals surface area contributed by atoms with Crippen LogP contribution in [-0.4, -0.2) is 39.4 Å². The second-order valence-electron chi connectivity index (χ2n) is 7.57. The molecular formula is C22H23N3OS. The number of hydrogen-bond acceptors (Lipinski definition) is 3. The first-order valence-corrected chi connectivity index (χ1v) is 10.4. The molecular weight excluding hydrogens is 354 g/mol. The molecule has 0 aliphatic carbocycles. The molecule has 2 aliphatic rings. The summed E-state index contributed by atoms with van der Waals surface area (Å²) < 4.78 is 2.20. The molecule has 1 amide bonds. The van der Waals surface area contributed by atoms with Crippen molar-refractivity contribution in [1.29, 1.82) is 0 Å². The minimum atomic E-state index is 0.152. The van der Waals surface area contributed by atoms with Crippen LogP contribution in [0.15, 0.2) is 60.1 Å². The Labute approximate surface area is 163 Å². The van der Waals surface area contributed by atoms with E-state index in [9.17, 15) is 4.79 Å². The summed E-state index contributed by atoms with van der Waals surface area (Å²) in [7, 11) is 0. The Morgan fingerprint density at radius 1 is 1.00 bits per heavy atom. The molecule has 1 fully saturated rings. The number of fused-ring (bicyclic) bond motifs is 3. The highest BCUT2D eigenvalue weighted by Gasteiger charge is 2.44. The summed E-state index contributed by atoms with van der Waals surface area (Å²) in [4.78, 5) is 19.2. The van der Waals surface area contributed by atoms with Crippen molar-refractivity contribution in [3.05, 3.63) is 81.8 Å². The molecule has 2 aliphatic heterocycles. The van der Waals surface area contributed by atoms with Crippen molar-refractivity contribution in [2.75, 3.05) is 13.1 Å². The molecule has 1 aromatic carbocycles. The average Bonchev–Trinajstić information content (AvgIpc) is 3.40. The minimum Gasteiger partial charge on any atom is -0.337 e. The predicted octanol–water partition coefficient (Wildman–Crippen LogP) is 3.94. The molecule has 5 heteroatoms. The molecule has 0 spiro atoms. The first kappa shape index (κ1) is 16.8. The summed E-state index contributed by atoms with van der Waals surface area (Å²) in [6.07, 6.45) is 2.07. The van der Waals surface area contributed by atoms with Crippen LogP contribution >= 0.6 is 11.3 Å². The van der Waals surface area contributed by atoms with E-state index < -0.39 is 0 Å². The molecule has 3 aromatic rings. The third-order valence-corrected chi connectivity index (χ3v) is 6.89. The quantitative estimate of drug-likeness (QED) is 0.689. The van der Waals surface area contributed by atoms with Crippen LogP contribution in [0.3, 0.4) is 0 Å². The van der Waals surface area contributed by atoms with Gasteiger partial charge in [-0.25, -0.2) is 0 Å². The normalized spacial score (nSPS) is 22.1. The van der Waals surface area contributed by atoms with Gasteiger partial charge < -0.3 is 9.47 Å². The van der Waals surface area contributed by atoms with Crippen molar-refractivity contribution in [3.63, 3.8) is 0 Å². The Balaban J connectivity index is 1.45. The number of likely N-dealkylation sites (tertiary alicyclic amines) is 1. The average molecular weight is 378 g/mol. The van der Waals surface area contributed by atoms with Gasteiger partial charge in [-0.05, 0) is 41.6 Å². The van der Waals surface area contributed by atoms with Gasteiger partial charge in [-0.3, -0.25) is 9.69 Å². The van der Waals surface area contributed by atoms with Gasteiger partial charge >= 0.3 is 0 Å². The number of hydrogen-bond donors (Lipinski definition) is 0. The fourth-order valence-corrected chi connectivity index (χ4v) is 5.40. The molecule has 0 bridgehead atoms. The Bertz CT molecular complexity index is 961. The van der Waals surface area contributed by atoms with Crippen molar-refractivity contribution in [2.24, 2.45) is 0 Å². The lowest BCUT2D eigenvalue weighted by Crippen LogP contribution is -2.49. The number of amides is 1. The molecule has 2 atom stereocenters. The SMILES string of the molecule is Cc1ccsc1CN1C[C@H]2[C@H](C1)n1cccc1C(=O)N2Cc1ccccc1. The highest BCUT2D eigenvalue weighted by atomic mass is 32.1. The van der Waals surface area contributed by atoms with E-state index in [1.165, 1.54) is 16.0 Å². The summed E-state index contributed by atoms with van der Waals surface area (Å²) in [5.41, 5.74) is 3.38. The number of rotatable bonds is 4. The van der Waals surface area contributed by atoms with E-state index in [1.807, 2.05) is 41.7 Å². The highest BCUT2D eigenvalue weighted by molar-refractivity contribution is 7.10. The predicted molar refractivity (Wildman–Crippen MR) is 108 cm³/mol. The zero-order chi connectivity index (χ0) is 18.4. The molecule has 0 unspecified atom stereocenters. The summed E-state index contributed by atoms with van der Waals surface area (Å²) in [6, 6.07) is 17.0. The first-order valence-electron chi connectivity index (χ1n) is 9.48. The van der Waals surface area contributed by atoms with Gasteiger partial charge in [-0.1, -0.05) is 30.3 Å². The van der Waals surface area contributed by atoms with Gasteiger partial charge in [0.1, 0.15) is 5.69 Å². The molecule has 1 saturated heterocycles. The van der Waals surface area contributed by atoms with E-state index in [2.05, 4.69) is 51.1 Å². The Morgan fingerprint density at radius 3 is 2.59 bits per heavy atom. The number of aromatic nitrogens is 1. The van der Waals surface area contributed by atoms with Crippen molar-refractivity contribution in [3.8, 4) is 0 Å². The number of benzene rings is 1. The number of carbonyl (C=O) groups is 1. The lowest BCUT2D eigenvalue weighted by Gasteiger charge is -2.38. The second-order valence-corrected chi connectivity index (χ2v) is 8.58. The Kier molecular flexibility index (Phi) is 4.14. The van der Waals surface area contributed by atoms with Crippen LogP contribution < -0.4 is 0 Å². The zero-order valence-corrected chi connectivity index (χ0v) is 16.2. The molecule has 27 heavy (non-hydrogen) atoms. The monoisotopic (exact) mass is 377 g/mol. The fourth-order valence-electron chi connectivity index (χ4n) is 4.46. The van der Waals surface area contributed by atoms with Gasteiger partial charge in [0.2, 0.25) is 0 Å². The van der Waals surface area contributed by atoms with Crippen LogP contribution in [0.1, 0.15) is 32.5 Å². The van der Waals surface area contributed by atoms with Gasteiger partial charge in [-0.2, -0.15) is 0 Å². The third-order valence-electron chi connectivity index (χ3n) is 5.88. The maximum Gasteiger partial charge on any atom is 0.271 e. The lowest BCUT2D eigenvalue weighted by molar-refractivity contribution is 0.0556. The van der Waals surface area contributed by atoms with E-state index in [1.54, 1.807) is 0 Å². The molecule has 4 nitrogen and oxygen atoms in total. The van der Waals surface area contributed by atoms with Gasteiger partial charge in [0.15, 0.2) is 0 Å². The van der Waals surface area contributed by atoms with Gasteiger partial charge in [0.05, 0.1) is 12.1 Å². The van der Waals surface area contributed by atoms with Gasteiger partial charge in [0.25, 0.3) is 5.91 Å². The highest BCUT2D eigenvalue weighted by Crippen LogP contribution is 2.35. The smallest absolute Gasteiger partial charge is 0.271 e. The van der Waals surface area contributed by atoms with Gasteiger partial charge in [0, 0.05) is 37.3 Å². The maximum atomic E-state index is 13.2. The molecule has 0 radical (unpaired) electrons. The topological polar surface area (TPSA) is 28.5 Å². The van der Waals surface area contributed by atoms with E-state index >= 15 is 0 Å². The largest absolute Gasteiger partial charge is 0.337 e. The summed E-state index contributed by atoms with van der Waals surface area (Å²) >= 11 is 1.83. The van der Waals surface area contributed by atoms with Crippen LogP contribution in [0.2, 0.25) is 0 Å². The minimum absolute atomic E-state index is 0.152. The van der Waals surface area contributed by atoms with Crippen LogP contribution in [0.5, 0.6) is 0 Å². The Hall–Kier alpha value is -2.37. The van der Waals surface area contributed by atoms with Crippen molar-refractivity contribution >= 4 is 17.2 Å². The number of thiophene rings is 1. The molecule has 2 aromatic heterocycles. The van der Waals surface area contributed by atoms with Crippen LogP contribution in [0, 0.1) is 6.92 Å². The van der Waals surface area contributed by atoms with E-state index in [0.29, 0.717) is 12.6 Å². The molecule has 0 saturated carbocycles. The van der Waals surface area contributed by atoms with Crippen molar-refractivity contribution in [2.45, 2.75) is 32.1 Å². The summed E-state index contributed by atoms with van der Waals surface area (Å²) in [5, 5.41) is 2.17. The summed E-state index contributed by atoms with van der Waals surface area (Å²) in [6.45, 7) is 5.75. The molecule has 0 N–H and O–H groups in total. The van der Waals surface area contributed by atoms with Crippen LogP contribution in [0.4, 0.5) is 0 Å². The Morgan fingerprint density at radius 2 is 1.81 bits per heavy atom. The van der Waals surface area contributed by atoms with Crippen LogP contribution in [0.25, 0.3) is 0 Å². The molecule has 138 valence electrons. The number of nitrogens with zero attached hydrogens (tertiary/aromatic N) is 3. The first-order chi connectivity index (χ1) is 13.2. The lowest BCUT2D eigenvalue weighted by atomic mass is 10.0. The van der Waals surface area contributed by atoms with Crippen molar-refractivity contribution < 1.29 is 4.79 Å². The van der Waals surface area contributed by atoms with Crippen LogP contribution in [-0.2, 0) is 13.1 Å². The van der Waals surface area contributed by atoms with Crippen molar-refractivity contribution in [1.82, 2.24) is 14.4 Å². The molecule has 4 heterocycles. The second kappa shape index (κ2) is 6.66. The number of aryl methyl sites for hydroxylation is 1. The van der Waals surface area contributed by atoms with Gasteiger partial charge in [-0.15, -0.1) is 11.3 Å². The maximum absolute atomic E-state index is 13.2. The standard InChI is InChI=1S/C22H23N3OS/c1-16-9-11-27-21(16)15-23-13-19-20(14-23)25(12-17-6-3-2-4-7-17)22(26)18-8-5-10-24(18)19/h2-11,19-20H,12-15H2,1H3/t19-,20-/m0/s1. The van der Waals surface area contributed by atoms with E-state index in [-0.39, 0.29) is 11.9 Å².